The molecule has 0 unspecified atom stereocenters. The van der Waals surface area contributed by atoms with Crippen LogP contribution in [-0.4, -0.2) is 31.7 Å². The van der Waals surface area contributed by atoms with Gasteiger partial charge < -0.3 is 5.32 Å². The molecule has 1 aromatic carbocycles. The Morgan fingerprint density at radius 3 is 2.41 bits per heavy atom. The molecule has 0 atom stereocenters. The lowest BCUT2D eigenvalue weighted by atomic mass is 9.99. The van der Waals surface area contributed by atoms with E-state index >= 15 is 0 Å². The Morgan fingerprint density at radius 1 is 1.11 bits per heavy atom. The number of fused-ring (bicyclic) bond motifs is 1. The molecular weight excluding hydrogens is 380 g/mol. The number of nitrogens with zero attached hydrogens (tertiary/aromatic N) is 1. The maximum atomic E-state index is 12.5. The van der Waals surface area contributed by atoms with Crippen LogP contribution in [0.15, 0.2) is 35.2 Å². The third-order valence-corrected chi connectivity index (χ3v) is 8.24. The van der Waals surface area contributed by atoms with Crippen molar-refractivity contribution < 1.29 is 13.2 Å². The molecule has 0 radical (unpaired) electrons. The molecule has 3 rings (SSSR count). The molecule has 1 N–H and O–H groups in total. The van der Waals surface area contributed by atoms with E-state index in [-0.39, 0.29) is 10.8 Å². The number of benzene rings is 1. The number of rotatable bonds is 7. The molecular formula is C20H26N2O3S2. The fraction of sp³-hybridized carbons (Fsp3) is 0.450. The average molecular weight is 407 g/mol. The maximum Gasteiger partial charge on any atom is 0.261 e. The fourth-order valence-corrected chi connectivity index (χ4v) is 5.99. The maximum absolute atomic E-state index is 12.5. The van der Waals surface area contributed by atoms with E-state index in [1.807, 2.05) is 19.9 Å². The molecule has 2 aromatic rings. The van der Waals surface area contributed by atoms with Crippen LogP contribution in [0.3, 0.4) is 0 Å². The molecule has 146 valence electrons. The first-order chi connectivity index (χ1) is 13.0. The van der Waals surface area contributed by atoms with Crippen LogP contribution in [0.25, 0.3) is 0 Å². The molecule has 0 saturated carbocycles. The van der Waals surface area contributed by atoms with Gasteiger partial charge in [-0.05, 0) is 55.0 Å². The number of sulfonamides is 1. The number of carbonyl (C=O) groups is 1. The van der Waals surface area contributed by atoms with Gasteiger partial charge in [-0.2, -0.15) is 4.31 Å². The van der Waals surface area contributed by atoms with Gasteiger partial charge in [-0.25, -0.2) is 8.42 Å². The van der Waals surface area contributed by atoms with Gasteiger partial charge in [0, 0.05) is 24.5 Å². The number of amides is 1. The zero-order valence-electron chi connectivity index (χ0n) is 15.8. The lowest BCUT2D eigenvalue weighted by molar-refractivity contribution is 0.0955. The quantitative estimate of drug-likeness (QED) is 0.764. The van der Waals surface area contributed by atoms with Crippen molar-refractivity contribution in [3.05, 3.63) is 51.2 Å². The minimum Gasteiger partial charge on any atom is -0.347 e. The summed E-state index contributed by atoms with van der Waals surface area (Å²) in [6.45, 7) is 4.93. The molecule has 0 bridgehead atoms. The van der Waals surface area contributed by atoms with Crippen LogP contribution in [0.5, 0.6) is 0 Å². The van der Waals surface area contributed by atoms with Gasteiger partial charge in [0.2, 0.25) is 10.0 Å². The van der Waals surface area contributed by atoms with Crippen LogP contribution < -0.4 is 5.32 Å². The molecule has 27 heavy (non-hydrogen) atoms. The molecule has 1 aromatic heterocycles. The first-order valence-electron chi connectivity index (χ1n) is 9.44. The molecule has 0 saturated heterocycles. The van der Waals surface area contributed by atoms with Gasteiger partial charge in [-0.15, -0.1) is 11.3 Å². The van der Waals surface area contributed by atoms with Gasteiger partial charge in [0.1, 0.15) is 0 Å². The summed E-state index contributed by atoms with van der Waals surface area (Å²) >= 11 is 1.60. The van der Waals surface area contributed by atoms with Crippen LogP contribution in [-0.2, 0) is 29.4 Å². The summed E-state index contributed by atoms with van der Waals surface area (Å²) in [5, 5.41) is 2.94. The molecule has 0 spiro atoms. The smallest absolute Gasteiger partial charge is 0.261 e. The molecule has 1 aliphatic rings. The van der Waals surface area contributed by atoms with E-state index in [2.05, 4.69) is 5.32 Å². The molecule has 0 fully saturated rings. The van der Waals surface area contributed by atoms with Gasteiger partial charge in [-0.3, -0.25) is 4.79 Å². The van der Waals surface area contributed by atoms with Crippen LogP contribution in [0.1, 0.15) is 52.4 Å². The van der Waals surface area contributed by atoms with E-state index in [1.54, 1.807) is 35.6 Å². The third kappa shape index (κ3) is 4.42. The number of thiophene rings is 1. The second kappa shape index (κ2) is 8.54. The summed E-state index contributed by atoms with van der Waals surface area (Å²) in [5.41, 5.74) is 2.20. The van der Waals surface area contributed by atoms with Crippen molar-refractivity contribution in [1.29, 1.82) is 0 Å². The van der Waals surface area contributed by atoms with E-state index in [1.165, 1.54) is 27.6 Å². The molecule has 1 amide bonds. The highest BCUT2D eigenvalue weighted by Crippen LogP contribution is 2.29. The standard InChI is InChI=1S/C20H26N2O3S2/c1-3-22(4-2)27(24,25)17-11-9-15(10-12-17)14-21-20(23)19-13-16-7-5-6-8-18(16)26-19/h9-13H,3-8,14H2,1-2H3,(H,21,23). The van der Waals surface area contributed by atoms with Crippen LogP contribution >= 0.6 is 11.3 Å². The fourth-order valence-electron chi connectivity index (χ4n) is 3.36. The minimum absolute atomic E-state index is 0.0609. The lowest BCUT2D eigenvalue weighted by Gasteiger charge is -2.18. The zero-order valence-corrected chi connectivity index (χ0v) is 17.5. The second-order valence-corrected chi connectivity index (χ2v) is 9.76. The Hall–Kier alpha value is -1.70. The molecule has 1 heterocycles. The number of carbonyl (C=O) groups excluding carboxylic acids is 1. The monoisotopic (exact) mass is 406 g/mol. The molecule has 1 aliphatic carbocycles. The van der Waals surface area contributed by atoms with Gasteiger partial charge in [0.25, 0.3) is 5.91 Å². The number of nitrogens with one attached hydrogen (secondary N) is 1. The summed E-state index contributed by atoms with van der Waals surface area (Å²) in [6, 6.07) is 8.76. The van der Waals surface area contributed by atoms with E-state index < -0.39 is 10.0 Å². The zero-order chi connectivity index (χ0) is 19.4. The Balaban J connectivity index is 1.63. The van der Waals surface area contributed by atoms with Crippen LogP contribution in [0.2, 0.25) is 0 Å². The Morgan fingerprint density at radius 2 is 1.78 bits per heavy atom. The van der Waals surface area contributed by atoms with Crippen molar-refractivity contribution in [2.45, 2.75) is 51.0 Å². The Kier molecular flexibility index (Phi) is 6.34. The van der Waals surface area contributed by atoms with Gasteiger partial charge >= 0.3 is 0 Å². The van der Waals surface area contributed by atoms with Crippen molar-refractivity contribution in [3.8, 4) is 0 Å². The predicted octanol–water partition coefficient (Wildman–Crippen LogP) is 3.59. The van der Waals surface area contributed by atoms with Gasteiger partial charge in [0.15, 0.2) is 0 Å². The largest absolute Gasteiger partial charge is 0.347 e. The topological polar surface area (TPSA) is 66.5 Å². The van der Waals surface area contributed by atoms with Crippen molar-refractivity contribution in [1.82, 2.24) is 9.62 Å². The van der Waals surface area contributed by atoms with Gasteiger partial charge in [-0.1, -0.05) is 26.0 Å². The SMILES string of the molecule is CCN(CC)S(=O)(=O)c1ccc(CNC(=O)c2cc3c(s2)CCCC3)cc1. The number of hydrogen-bond donors (Lipinski definition) is 1. The first kappa shape index (κ1) is 20.0. The lowest BCUT2D eigenvalue weighted by Crippen LogP contribution is -2.30. The summed E-state index contributed by atoms with van der Waals surface area (Å²) in [4.78, 5) is 14.8. The van der Waals surface area contributed by atoms with Crippen molar-refractivity contribution in [2.24, 2.45) is 0 Å². The number of aryl methyl sites for hydroxylation is 2. The molecule has 7 heteroatoms. The van der Waals surface area contributed by atoms with Crippen molar-refractivity contribution in [2.75, 3.05) is 13.1 Å². The van der Waals surface area contributed by atoms with Gasteiger partial charge in [0.05, 0.1) is 9.77 Å². The summed E-state index contributed by atoms with van der Waals surface area (Å²) in [5.74, 6) is -0.0609. The van der Waals surface area contributed by atoms with Crippen molar-refractivity contribution >= 4 is 27.3 Å². The minimum atomic E-state index is -3.45. The summed E-state index contributed by atoms with van der Waals surface area (Å²) in [6.07, 6.45) is 4.56. The highest BCUT2D eigenvalue weighted by atomic mass is 32.2. The van der Waals surface area contributed by atoms with Crippen molar-refractivity contribution in [3.63, 3.8) is 0 Å². The normalized spacial score (nSPS) is 14.2. The van der Waals surface area contributed by atoms with Crippen LogP contribution in [0.4, 0.5) is 0 Å². The highest BCUT2D eigenvalue weighted by molar-refractivity contribution is 7.89. The first-order valence-corrected chi connectivity index (χ1v) is 11.7. The number of hydrogen-bond acceptors (Lipinski definition) is 4. The second-order valence-electron chi connectivity index (χ2n) is 6.68. The van der Waals surface area contributed by atoms with E-state index in [9.17, 15) is 13.2 Å². The van der Waals surface area contributed by atoms with E-state index in [0.29, 0.717) is 19.6 Å². The van der Waals surface area contributed by atoms with E-state index in [0.717, 1.165) is 23.3 Å². The predicted molar refractivity (Wildman–Crippen MR) is 109 cm³/mol. The summed E-state index contributed by atoms with van der Waals surface area (Å²) < 4.78 is 26.5. The Bertz CT molecular complexity index is 874. The van der Waals surface area contributed by atoms with Crippen LogP contribution in [0, 0.1) is 0 Å². The highest BCUT2D eigenvalue weighted by Gasteiger charge is 2.21. The average Bonchev–Trinajstić information content (AvgIpc) is 3.11. The third-order valence-electron chi connectivity index (χ3n) is 4.94. The molecule has 0 aliphatic heterocycles. The molecule has 5 nitrogen and oxygen atoms in total. The Labute approximate surface area is 165 Å². The van der Waals surface area contributed by atoms with E-state index in [4.69, 9.17) is 0 Å². The summed E-state index contributed by atoms with van der Waals surface area (Å²) in [7, 11) is -3.45.